The van der Waals surface area contributed by atoms with E-state index in [2.05, 4.69) is 25.3 Å². The average molecular weight is 234 g/mol. The second-order valence-corrected chi connectivity index (χ2v) is 3.89. The van der Waals surface area contributed by atoms with Gasteiger partial charge in [0.25, 0.3) is 0 Å². The van der Waals surface area contributed by atoms with Gasteiger partial charge < -0.3 is 11.1 Å². The fourth-order valence-corrected chi connectivity index (χ4v) is 1.82. The van der Waals surface area contributed by atoms with E-state index in [1.807, 2.05) is 12.1 Å². The van der Waals surface area contributed by atoms with Crippen molar-refractivity contribution in [3.8, 4) is 0 Å². The molecule has 3 N–H and O–H groups in total. The van der Waals surface area contributed by atoms with Crippen molar-refractivity contribution in [2.24, 2.45) is 0 Å². The number of hydrogen-bond donors (Lipinski definition) is 2. The minimum absolute atomic E-state index is 0.239. The zero-order valence-corrected chi connectivity index (χ0v) is 9.40. The molecule has 0 aromatic carbocycles. The van der Waals surface area contributed by atoms with Crippen LogP contribution in [0.3, 0.4) is 0 Å². The summed E-state index contributed by atoms with van der Waals surface area (Å²) in [4.78, 5) is 16.0. The molecule has 0 bridgehead atoms. The van der Waals surface area contributed by atoms with Crippen molar-refractivity contribution in [3.05, 3.63) is 24.7 Å². The van der Waals surface area contributed by atoms with Gasteiger partial charge in [-0.15, -0.1) is 0 Å². The smallest absolute Gasteiger partial charge is 0.223 e. The molecule has 2 aromatic heterocycles. The van der Waals surface area contributed by atoms with E-state index < -0.39 is 0 Å². The van der Waals surface area contributed by atoms with E-state index in [9.17, 15) is 0 Å². The predicted molar refractivity (Wildman–Crippen MR) is 62.1 cm³/mol. The minimum Gasteiger partial charge on any atom is -0.373 e. The molecule has 2 heterocycles. The summed E-state index contributed by atoms with van der Waals surface area (Å²) in [5.41, 5.74) is 5.58. The van der Waals surface area contributed by atoms with Crippen LogP contribution >= 0.6 is 11.8 Å². The lowest BCUT2D eigenvalue weighted by atomic mass is 10.6. The van der Waals surface area contributed by atoms with Crippen molar-refractivity contribution in [1.29, 1.82) is 0 Å². The third-order valence-corrected chi connectivity index (χ3v) is 2.61. The third-order valence-electron chi connectivity index (χ3n) is 1.74. The molecule has 0 spiro atoms. The molecule has 82 valence electrons. The van der Waals surface area contributed by atoms with E-state index in [0.717, 1.165) is 10.1 Å². The largest absolute Gasteiger partial charge is 0.373 e. The Morgan fingerprint density at radius 3 is 2.88 bits per heavy atom. The Hall–Kier alpha value is -1.89. The van der Waals surface area contributed by atoms with Gasteiger partial charge in [-0.2, -0.15) is 4.98 Å². The molecule has 0 radical (unpaired) electrons. The highest BCUT2D eigenvalue weighted by Crippen LogP contribution is 2.25. The molecular formula is C9H10N6S. The van der Waals surface area contributed by atoms with Crippen molar-refractivity contribution >= 4 is 23.5 Å². The lowest BCUT2D eigenvalue weighted by Crippen LogP contribution is -2.00. The fraction of sp³-hybridized carbons (Fsp3) is 0.111. The van der Waals surface area contributed by atoms with Gasteiger partial charge in [-0.1, -0.05) is 0 Å². The van der Waals surface area contributed by atoms with Crippen molar-refractivity contribution in [3.63, 3.8) is 0 Å². The summed E-state index contributed by atoms with van der Waals surface area (Å²) in [6.45, 7) is 0. The highest BCUT2D eigenvalue weighted by molar-refractivity contribution is 7.99. The minimum atomic E-state index is 0.239. The first-order valence-corrected chi connectivity index (χ1v) is 5.36. The molecule has 16 heavy (non-hydrogen) atoms. The van der Waals surface area contributed by atoms with Gasteiger partial charge in [0, 0.05) is 19.3 Å². The van der Waals surface area contributed by atoms with Gasteiger partial charge in [-0.3, -0.25) is 0 Å². The van der Waals surface area contributed by atoms with Gasteiger partial charge in [-0.05, 0) is 17.8 Å². The molecule has 0 aliphatic heterocycles. The van der Waals surface area contributed by atoms with Crippen LogP contribution in [0.15, 0.2) is 34.7 Å². The van der Waals surface area contributed by atoms with E-state index in [0.29, 0.717) is 5.82 Å². The number of hydrogen-bond acceptors (Lipinski definition) is 7. The molecule has 2 rings (SSSR count). The van der Waals surface area contributed by atoms with Crippen LogP contribution < -0.4 is 11.1 Å². The Kier molecular flexibility index (Phi) is 3.16. The maximum atomic E-state index is 5.58. The number of nitrogens with one attached hydrogen (secondary N) is 1. The van der Waals surface area contributed by atoms with Crippen LogP contribution in [-0.2, 0) is 0 Å². The Balaban J connectivity index is 2.24. The molecule has 0 aliphatic carbocycles. The molecular weight excluding hydrogens is 224 g/mol. The number of anilines is 2. The van der Waals surface area contributed by atoms with Gasteiger partial charge >= 0.3 is 0 Å². The molecule has 0 amide bonds. The summed E-state index contributed by atoms with van der Waals surface area (Å²) in [6, 6.07) is 3.62. The Morgan fingerprint density at radius 1 is 1.31 bits per heavy atom. The molecule has 2 aromatic rings. The van der Waals surface area contributed by atoms with Crippen LogP contribution in [0.2, 0.25) is 0 Å². The van der Waals surface area contributed by atoms with Gasteiger partial charge in [0.15, 0.2) is 0 Å². The molecule has 0 unspecified atom stereocenters. The van der Waals surface area contributed by atoms with Gasteiger partial charge in [0.2, 0.25) is 5.95 Å². The first-order chi connectivity index (χ1) is 7.78. The lowest BCUT2D eigenvalue weighted by Gasteiger charge is -2.03. The van der Waals surface area contributed by atoms with Crippen molar-refractivity contribution in [2.75, 3.05) is 18.1 Å². The van der Waals surface area contributed by atoms with E-state index in [1.54, 1.807) is 13.2 Å². The van der Waals surface area contributed by atoms with Crippen molar-refractivity contribution in [1.82, 2.24) is 19.9 Å². The average Bonchev–Trinajstić information content (AvgIpc) is 2.29. The highest BCUT2D eigenvalue weighted by Gasteiger charge is 2.03. The summed E-state index contributed by atoms with van der Waals surface area (Å²) < 4.78 is 0. The lowest BCUT2D eigenvalue weighted by molar-refractivity contribution is 1.02. The van der Waals surface area contributed by atoms with E-state index in [4.69, 9.17) is 5.73 Å². The fourth-order valence-electron chi connectivity index (χ4n) is 1.07. The zero-order valence-electron chi connectivity index (χ0n) is 8.58. The van der Waals surface area contributed by atoms with Crippen LogP contribution in [0, 0.1) is 0 Å². The Bertz CT molecular complexity index is 475. The number of nitrogens with zero attached hydrogens (tertiary/aromatic N) is 4. The molecule has 6 nitrogen and oxygen atoms in total. The quantitative estimate of drug-likeness (QED) is 0.767. The van der Waals surface area contributed by atoms with Gasteiger partial charge in [-0.25, -0.2) is 15.0 Å². The molecule has 0 atom stereocenters. The number of aromatic nitrogens is 4. The highest BCUT2D eigenvalue weighted by atomic mass is 32.2. The molecule has 0 saturated heterocycles. The summed E-state index contributed by atoms with van der Waals surface area (Å²) in [6.07, 6.45) is 3.17. The Morgan fingerprint density at radius 2 is 2.19 bits per heavy atom. The summed E-state index contributed by atoms with van der Waals surface area (Å²) >= 11 is 1.41. The third kappa shape index (κ3) is 2.57. The molecule has 0 saturated carbocycles. The summed E-state index contributed by atoms with van der Waals surface area (Å²) in [7, 11) is 1.78. The van der Waals surface area contributed by atoms with E-state index in [-0.39, 0.29) is 5.95 Å². The topological polar surface area (TPSA) is 89.6 Å². The first-order valence-electron chi connectivity index (χ1n) is 4.54. The molecule has 0 fully saturated rings. The van der Waals surface area contributed by atoms with Crippen LogP contribution in [0.1, 0.15) is 0 Å². The number of rotatable bonds is 3. The first kappa shape index (κ1) is 10.6. The SMILES string of the molecule is CNc1cc(Sc2ccncn2)nc(N)n1. The predicted octanol–water partition coefficient (Wildman–Crippen LogP) is 1.04. The monoisotopic (exact) mass is 234 g/mol. The second kappa shape index (κ2) is 4.75. The molecule has 7 heteroatoms. The summed E-state index contributed by atoms with van der Waals surface area (Å²) in [5.74, 6) is 0.924. The van der Waals surface area contributed by atoms with Gasteiger partial charge in [0.1, 0.15) is 22.2 Å². The van der Waals surface area contributed by atoms with E-state index >= 15 is 0 Å². The maximum Gasteiger partial charge on any atom is 0.223 e. The maximum absolute atomic E-state index is 5.58. The second-order valence-electron chi connectivity index (χ2n) is 2.85. The van der Waals surface area contributed by atoms with Crippen molar-refractivity contribution in [2.45, 2.75) is 10.1 Å². The number of nitrogens with two attached hydrogens (primary N) is 1. The normalized spacial score (nSPS) is 10.1. The molecule has 0 aliphatic rings. The van der Waals surface area contributed by atoms with Crippen LogP contribution in [0.5, 0.6) is 0 Å². The van der Waals surface area contributed by atoms with Crippen molar-refractivity contribution < 1.29 is 0 Å². The zero-order chi connectivity index (χ0) is 11.4. The van der Waals surface area contributed by atoms with Crippen LogP contribution in [0.25, 0.3) is 0 Å². The van der Waals surface area contributed by atoms with Crippen LogP contribution in [0.4, 0.5) is 11.8 Å². The number of nitrogen functional groups attached to an aromatic ring is 1. The van der Waals surface area contributed by atoms with Crippen LogP contribution in [-0.4, -0.2) is 27.0 Å². The van der Waals surface area contributed by atoms with E-state index in [1.165, 1.54) is 18.1 Å². The Labute approximate surface area is 96.7 Å². The standard InChI is InChI=1S/C9H10N6S/c1-11-6-4-8(15-9(10)14-6)16-7-2-3-12-5-13-7/h2-5H,1H3,(H3,10,11,14,15). The summed E-state index contributed by atoms with van der Waals surface area (Å²) in [5, 5.41) is 4.48. The van der Waals surface area contributed by atoms with Gasteiger partial charge in [0.05, 0.1) is 0 Å².